The summed E-state index contributed by atoms with van der Waals surface area (Å²) in [6.45, 7) is 0.348. The minimum absolute atomic E-state index is 0.0209. The molecule has 0 saturated heterocycles. The Balaban J connectivity index is 0.000000149. The van der Waals surface area contributed by atoms with Crippen molar-refractivity contribution in [2.24, 2.45) is 0 Å². The van der Waals surface area contributed by atoms with Gasteiger partial charge in [0.2, 0.25) is 0 Å². The highest BCUT2D eigenvalue weighted by Crippen LogP contribution is 2.48. The van der Waals surface area contributed by atoms with Gasteiger partial charge in [0.25, 0.3) is 0 Å². The van der Waals surface area contributed by atoms with Crippen molar-refractivity contribution >= 4 is 68.5 Å². The van der Waals surface area contributed by atoms with Crippen LogP contribution in [0.3, 0.4) is 0 Å². The zero-order valence-electron chi connectivity index (χ0n) is 37.4. The van der Waals surface area contributed by atoms with Gasteiger partial charge in [-0.2, -0.15) is 13.8 Å². The van der Waals surface area contributed by atoms with E-state index in [9.17, 15) is 13.3 Å². The van der Waals surface area contributed by atoms with Crippen LogP contribution in [-0.4, -0.2) is 79.0 Å². The molecule has 1 aliphatic carbocycles. The van der Waals surface area contributed by atoms with Crippen LogP contribution in [0.5, 0.6) is 17.2 Å². The van der Waals surface area contributed by atoms with E-state index in [1.165, 1.54) is 76.5 Å². The lowest BCUT2D eigenvalue weighted by Crippen LogP contribution is -2.37. The van der Waals surface area contributed by atoms with Gasteiger partial charge in [-0.3, -0.25) is 9.97 Å². The Morgan fingerprint density at radius 1 is 0.879 bits per heavy atom. The molecule has 5 aromatic carbocycles. The third kappa shape index (κ3) is 11.5. The highest BCUT2D eigenvalue weighted by molar-refractivity contribution is 7.99. The minimum Gasteiger partial charge on any atom is -0.609 e. The van der Waals surface area contributed by atoms with Gasteiger partial charge < -0.3 is 33.9 Å². The lowest BCUT2D eigenvalue weighted by atomic mass is 9.77. The van der Waals surface area contributed by atoms with Gasteiger partial charge >= 0.3 is 11.8 Å². The van der Waals surface area contributed by atoms with Crippen molar-refractivity contribution in [3.8, 4) is 17.2 Å². The number of aromatic amines is 1. The summed E-state index contributed by atoms with van der Waals surface area (Å²) in [6.07, 6.45) is 3.79. The van der Waals surface area contributed by atoms with Crippen LogP contribution in [0.1, 0.15) is 54.1 Å². The molecule has 66 heavy (non-hydrogen) atoms. The molecule has 4 atom stereocenters. The highest BCUT2D eigenvalue weighted by atomic mass is 35.5. The number of likely N-dealkylation sites (N-methyl/N-ethyl adjacent to an activating group) is 1. The Morgan fingerprint density at radius 2 is 1.56 bits per heavy atom. The van der Waals surface area contributed by atoms with Crippen molar-refractivity contribution in [1.29, 1.82) is 0 Å². The number of para-hydroxylation sites is 2. The molecule has 7 aromatic rings. The Bertz CT molecular complexity index is 2690. The molecule has 2 unspecified atom stereocenters. The smallest absolute Gasteiger partial charge is 0.387 e. The molecule has 2 aromatic heterocycles. The number of rotatable bonds is 12. The predicted octanol–water partition coefficient (Wildman–Crippen LogP) is 12.3. The molecule has 1 aliphatic heterocycles. The van der Waals surface area contributed by atoms with Crippen molar-refractivity contribution in [2.45, 2.75) is 65.1 Å². The Labute approximate surface area is 402 Å². The van der Waals surface area contributed by atoms with Crippen LogP contribution in [0, 0.1) is 0 Å². The number of imidazole rings is 1. The molecule has 2 N–H and O–H groups in total. The second-order valence-corrected chi connectivity index (χ2v) is 19.1. The molecule has 10 nitrogen and oxygen atoms in total. The summed E-state index contributed by atoms with van der Waals surface area (Å²) in [5.74, 6) is 1.30. The van der Waals surface area contributed by atoms with Crippen molar-refractivity contribution in [3.63, 3.8) is 0 Å². The number of hydrogen-bond donors (Lipinski definition) is 2. The number of fused-ring (bicyclic) bond motifs is 4. The van der Waals surface area contributed by atoms with E-state index >= 15 is 0 Å². The molecule has 0 spiro atoms. The fourth-order valence-corrected chi connectivity index (χ4v) is 10.4. The van der Waals surface area contributed by atoms with Gasteiger partial charge in [0.1, 0.15) is 11.4 Å². The van der Waals surface area contributed by atoms with Crippen LogP contribution in [0.25, 0.3) is 11.0 Å². The van der Waals surface area contributed by atoms with E-state index in [-0.39, 0.29) is 16.7 Å². The SMILES string of the molecule is CC(CN1c2ccccc2Sc2ccccc21)N(C)C.CN[C@H]1CC[C@@H](c2ccc(Cl)c(Cl)c2)c2ccccc21.COc1ccnc(C[S+]([O-])c2nc3cc(OC(F)F)ccc3[nH]2)c1OC. The fraction of sp³-hybridized carbons (Fsp3) is 0.280. The van der Waals surface area contributed by atoms with Gasteiger partial charge in [0.05, 0.1) is 46.7 Å². The standard InChI is InChI=1S/C17H17Cl2N.C17H20N2S.C16H15F2N3O4S/c1-20-17-9-7-12(13-4-2-3-5-14(13)17)11-6-8-15(18)16(19)10-11;1-13(18(2)3)12-19-14-8-4-6-10-16(14)20-17-11-7-5-9-15(17)19;1-23-13-5-6-19-12(14(13)24-2)8-26(22)16-20-10-4-3-9(25-15(17)18)7-11(10)21-16/h2-6,8,10,12,17,20H,7,9H2,1H3;4-11,13H,12H2,1-3H3;3-7,15H,8H2,1-2H3,(H,20,21)/t12-,17-;;/m0../s1. The first-order valence-corrected chi connectivity index (χ1v) is 24.2. The number of aromatic nitrogens is 3. The van der Waals surface area contributed by atoms with Gasteiger partial charge in [0, 0.05) is 63.8 Å². The minimum atomic E-state index is -2.92. The van der Waals surface area contributed by atoms with Gasteiger partial charge in [-0.15, -0.1) is 0 Å². The van der Waals surface area contributed by atoms with E-state index in [1.54, 1.807) is 6.07 Å². The average Bonchev–Trinajstić information content (AvgIpc) is 3.76. The third-order valence-corrected chi connectivity index (χ3v) is 14.6. The van der Waals surface area contributed by atoms with Crippen LogP contribution in [0.2, 0.25) is 10.0 Å². The number of alkyl halides is 2. The quantitative estimate of drug-likeness (QED) is 0.115. The number of ether oxygens (including phenoxy) is 3. The first-order valence-electron chi connectivity index (χ1n) is 21.3. The zero-order chi connectivity index (χ0) is 46.9. The zero-order valence-corrected chi connectivity index (χ0v) is 40.6. The summed E-state index contributed by atoms with van der Waals surface area (Å²) in [4.78, 5) is 18.7. The van der Waals surface area contributed by atoms with Crippen molar-refractivity contribution in [2.75, 3.05) is 46.8 Å². The van der Waals surface area contributed by atoms with Gasteiger partial charge in [-0.05, 0) is 106 Å². The number of nitrogens with one attached hydrogen (secondary N) is 2. The van der Waals surface area contributed by atoms with E-state index < -0.39 is 17.8 Å². The molecular weight excluding hydrogens is 922 g/mol. The molecule has 0 fully saturated rings. The summed E-state index contributed by atoms with van der Waals surface area (Å²) in [5, 5.41) is 4.86. The van der Waals surface area contributed by atoms with Crippen LogP contribution in [0.4, 0.5) is 20.2 Å². The molecule has 346 valence electrons. The summed E-state index contributed by atoms with van der Waals surface area (Å²) in [6, 6.07) is 38.9. The molecular formula is C50H52Cl2F2N6O4S2. The molecule has 2 aliphatic rings. The third-order valence-electron chi connectivity index (χ3n) is 11.6. The van der Waals surface area contributed by atoms with E-state index in [1.807, 2.05) is 30.9 Å². The molecule has 16 heteroatoms. The second kappa shape index (κ2) is 22.6. The Hall–Kier alpha value is -5.06. The van der Waals surface area contributed by atoms with E-state index in [0.29, 0.717) is 56.3 Å². The number of nitrogens with zero attached hydrogens (tertiary/aromatic N) is 4. The molecule has 0 bridgehead atoms. The molecule has 0 saturated carbocycles. The number of hydrogen-bond acceptors (Lipinski definition) is 10. The van der Waals surface area contributed by atoms with Crippen molar-refractivity contribution < 1.29 is 27.5 Å². The number of H-pyrrole nitrogens is 1. The molecule has 9 rings (SSSR count). The number of pyridine rings is 1. The monoisotopic (exact) mass is 972 g/mol. The molecule has 0 radical (unpaired) electrons. The summed E-state index contributed by atoms with van der Waals surface area (Å²) < 4.78 is 52.1. The summed E-state index contributed by atoms with van der Waals surface area (Å²) in [5.41, 5.74) is 8.08. The highest BCUT2D eigenvalue weighted by Gasteiger charge is 2.28. The average molecular weight is 974 g/mol. The number of anilines is 2. The molecule has 0 amide bonds. The summed E-state index contributed by atoms with van der Waals surface area (Å²) >= 11 is 12.5. The maximum Gasteiger partial charge on any atom is 0.387 e. The first-order chi connectivity index (χ1) is 31.9. The normalized spacial score (nSPS) is 15.9. The fourth-order valence-electron chi connectivity index (χ4n) is 7.96. The van der Waals surface area contributed by atoms with Crippen LogP contribution in [0.15, 0.2) is 136 Å². The molecule has 3 heterocycles. The van der Waals surface area contributed by atoms with Gasteiger partial charge in [-0.1, -0.05) is 89.6 Å². The lowest BCUT2D eigenvalue weighted by molar-refractivity contribution is -0.0497. The predicted molar refractivity (Wildman–Crippen MR) is 263 cm³/mol. The maximum atomic E-state index is 12.6. The van der Waals surface area contributed by atoms with Crippen LogP contribution >= 0.6 is 35.0 Å². The number of benzene rings is 5. The number of methoxy groups -OCH3 is 2. The van der Waals surface area contributed by atoms with Gasteiger partial charge in [-0.25, -0.2) is 0 Å². The van der Waals surface area contributed by atoms with Crippen LogP contribution < -0.4 is 24.4 Å². The topological polar surface area (TPSA) is 111 Å². The lowest BCUT2D eigenvalue weighted by Gasteiger charge is -2.36. The largest absolute Gasteiger partial charge is 0.609 e. The number of halogens is 4. The summed E-state index contributed by atoms with van der Waals surface area (Å²) in [7, 11) is 9.28. The second-order valence-electron chi connectivity index (χ2n) is 15.8. The Kier molecular flexibility index (Phi) is 16.7. The van der Waals surface area contributed by atoms with Gasteiger partial charge in [0.15, 0.2) is 17.3 Å². The van der Waals surface area contributed by atoms with E-state index in [2.05, 4.69) is 135 Å². The van der Waals surface area contributed by atoms with Crippen LogP contribution in [-0.2, 0) is 16.9 Å². The van der Waals surface area contributed by atoms with E-state index in [0.717, 1.165) is 19.4 Å². The first kappa shape index (κ1) is 48.9. The van der Waals surface area contributed by atoms with Crippen molar-refractivity contribution in [1.82, 2.24) is 25.2 Å². The van der Waals surface area contributed by atoms with Crippen molar-refractivity contribution in [3.05, 3.63) is 154 Å². The van der Waals surface area contributed by atoms with E-state index in [4.69, 9.17) is 32.7 Å². The maximum absolute atomic E-state index is 12.6. The Morgan fingerprint density at radius 3 is 2.20 bits per heavy atom.